The van der Waals surface area contributed by atoms with E-state index in [-0.39, 0.29) is 5.28 Å². The number of fused-ring (bicyclic) bond motifs is 1. The van der Waals surface area contributed by atoms with Crippen LogP contribution in [0.5, 0.6) is 11.6 Å². The first-order valence-electron chi connectivity index (χ1n) is 6.35. The van der Waals surface area contributed by atoms with Crippen LogP contribution in [0.15, 0.2) is 30.3 Å². The lowest BCUT2D eigenvalue weighted by Crippen LogP contribution is -1.93. The van der Waals surface area contributed by atoms with Crippen LogP contribution >= 0.6 is 22.9 Å². The predicted octanol–water partition coefficient (Wildman–Crippen LogP) is 4.59. The molecular formula is C15H13ClN2O2S. The van der Waals surface area contributed by atoms with Crippen molar-refractivity contribution in [3.8, 4) is 11.6 Å². The van der Waals surface area contributed by atoms with Crippen molar-refractivity contribution in [3.63, 3.8) is 0 Å². The first-order chi connectivity index (χ1) is 10.2. The van der Waals surface area contributed by atoms with E-state index in [2.05, 4.69) is 9.97 Å². The Balaban J connectivity index is 1.99. The summed E-state index contributed by atoms with van der Waals surface area (Å²) in [5.74, 6) is 1.17. The molecule has 0 aliphatic rings. The Labute approximate surface area is 131 Å². The number of ether oxygens (including phenoxy) is 2. The molecule has 0 amide bonds. The molecule has 0 spiro atoms. The van der Waals surface area contributed by atoms with Crippen molar-refractivity contribution in [2.75, 3.05) is 7.11 Å². The van der Waals surface area contributed by atoms with E-state index in [1.54, 1.807) is 18.4 Å². The van der Waals surface area contributed by atoms with Gasteiger partial charge >= 0.3 is 0 Å². The molecule has 1 aromatic carbocycles. The van der Waals surface area contributed by atoms with Gasteiger partial charge in [-0.2, -0.15) is 4.98 Å². The van der Waals surface area contributed by atoms with E-state index >= 15 is 0 Å². The zero-order valence-corrected chi connectivity index (χ0v) is 13.2. The summed E-state index contributed by atoms with van der Waals surface area (Å²) in [6, 6.07) is 9.70. The molecule has 0 saturated heterocycles. The molecular weight excluding hydrogens is 308 g/mol. The first kappa shape index (κ1) is 14.3. The summed E-state index contributed by atoms with van der Waals surface area (Å²) in [6.45, 7) is 2.55. The zero-order valence-electron chi connectivity index (χ0n) is 11.6. The highest BCUT2D eigenvalue weighted by molar-refractivity contribution is 7.18. The second kappa shape index (κ2) is 5.97. The van der Waals surface area contributed by atoms with Gasteiger partial charge in [0.25, 0.3) is 0 Å². The van der Waals surface area contributed by atoms with Crippen LogP contribution in [-0.2, 0) is 11.3 Å². The number of aryl methyl sites for hydroxylation is 1. The van der Waals surface area contributed by atoms with Crippen LogP contribution in [0.25, 0.3) is 10.2 Å². The quantitative estimate of drug-likeness (QED) is 0.659. The van der Waals surface area contributed by atoms with E-state index < -0.39 is 0 Å². The topological polar surface area (TPSA) is 44.2 Å². The fraction of sp³-hybridized carbons (Fsp3) is 0.200. The van der Waals surface area contributed by atoms with Gasteiger partial charge in [0.05, 0.1) is 12.0 Å². The molecule has 0 fully saturated rings. The van der Waals surface area contributed by atoms with Crippen molar-refractivity contribution >= 4 is 33.2 Å². The molecule has 2 aromatic heterocycles. The number of benzene rings is 1. The molecule has 0 atom stereocenters. The maximum Gasteiger partial charge on any atom is 0.232 e. The standard InChI is InChI=1S/C15H13ClN2O2S/c1-9-6-12-13(17-15(16)18-14(12)21-9)20-11-5-3-4-10(7-11)8-19-2/h3-7H,8H2,1-2H3. The van der Waals surface area contributed by atoms with Gasteiger partial charge in [-0.15, -0.1) is 11.3 Å². The average molecular weight is 321 g/mol. The summed E-state index contributed by atoms with van der Waals surface area (Å²) in [6.07, 6.45) is 0. The molecule has 0 saturated carbocycles. The molecule has 0 N–H and O–H groups in total. The van der Waals surface area contributed by atoms with Crippen molar-refractivity contribution in [3.05, 3.63) is 46.1 Å². The Morgan fingerprint density at radius 1 is 1.24 bits per heavy atom. The lowest BCUT2D eigenvalue weighted by molar-refractivity contribution is 0.184. The first-order valence-corrected chi connectivity index (χ1v) is 7.54. The number of nitrogens with zero attached hydrogens (tertiary/aromatic N) is 2. The summed E-state index contributed by atoms with van der Waals surface area (Å²) in [4.78, 5) is 10.4. The molecule has 0 aliphatic heterocycles. The van der Waals surface area contributed by atoms with Crippen molar-refractivity contribution < 1.29 is 9.47 Å². The lowest BCUT2D eigenvalue weighted by Gasteiger charge is -2.07. The summed E-state index contributed by atoms with van der Waals surface area (Å²) in [5.41, 5.74) is 1.04. The Morgan fingerprint density at radius 3 is 2.90 bits per heavy atom. The van der Waals surface area contributed by atoms with E-state index in [4.69, 9.17) is 21.1 Å². The van der Waals surface area contributed by atoms with Crippen molar-refractivity contribution in [1.82, 2.24) is 9.97 Å². The minimum Gasteiger partial charge on any atom is -0.438 e. The number of thiophene rings is 1. The number of methoxy groups -OCH3 is 1. The van der Waals surface area contributed by atoms with Gasteiger partial charge in [-0.3, -0.25) is 0 Å². The van der Waals surface area contributed by atoms with Gasteiger partial charge in [0, 0.05) is 12.0 Å². The summed E-state index contributed by atoms with van der Waals surface area (Å²) < 4.78 is 11.0. The highest BCUT2D eigenvalue weighted by Crippen LogP contribution is 2.33. The van der Waals surface area contributed by atoms with Gasteiger partial charge in [0.1, 0.15) is 10.6 Å². The van der Waals surface area contributed by atoms with E-state index in [9.17, 15) is 0 Å². The molecule has 0 bridgehead atoms. The third-order valence-corrected chi connectivity index (χ3v) is 3.99. The molecule has 0 unspecified atom stereocenters. The normalized spacial score (nSPS) is 11.0. The van der Waals surface area contributed by atoms with Gasteiger partial charge < -0.3 is 9.47 Å². The van der Waals surface area contributed by atoms with Gasteiger partial charge in [-0.1, -0.05) is 12.1 Å². The van der Waals surface area contributed by atoms with Crippen LogP contribution < -0.4 is 4.74 Å². The summed E-state index contributed by atoms with van der Waals surface area (Å²) in [5, 5.41) is 1.06. The Kier molecular flexibility index (Phi) is 4.05. The monoisotopic (exact) mass is 320 g/mol. The highest BCUT2D eigenvalue weighted by Gasteiger charge is 2.12. The second-order valence-electron chi connectivity index (χ2n) is 4.56. The molecule has 0 aliphatic carbocycles. The van der Waals surface area contributed by atoms with Crippen LogP contribution in [0.1, 0.15) is 10.4 Å². The maximum absolute atomic E-state index is 5.96. The molecule has 6 heteroatoms. The van der Waals surface area contributed by atoms with E-state index in [1.807, 2.05) is 37.3 Å². The van der Waals surface area contributed by atoms with Gasteiger partial charge in [-0.25, -0.2) is 4.98 Å². The predicted molar refractivity (Wildman–Crippen MR) is 84.4 cm³/mol. The van der Waals surface area contributed by atoms with Crippen LogP contribution in [0.3, 0.4) is 0 Å². The number of hydrogen-bond acceptors (Lipinski definition) is 5. The molecule has 21 heavy (non-hydrogen) atoms. The largest absolute Gasteiger partial charge is 0.438 e. The zero-order chi connectivity index (χ0) is 14.8. The smallest absolute Gasteiger partial charge is 0.232 e. The lowest BCUT2D eigenvalue weighted by atomic mass is 10.2. The fourth-order valence-electron chi connectivity index (χ4n) is 2.05. The minimum absolute atomic E-state index is 0.187. The maximum atomic E-state index is 5.96. The molecule has 0 radical (unpaired) electrons. The summed E-state index contributed by atoms with van der Waals surface area (Å²) >= 11 is 7.53. The SMILES string of the molecule is COCc1cccc(Oc2nc(Cl)nc3sc(C)cc23)c1. The minimum atomic E-state index is 0.187. The van der Waals surface area contributed by atoms with Gasteiger partial charge in [-0.05, 0) is 42.3 Å². The third-order valence-electron chi connectivity index (χ3n) is 2.88. The number of rotatable bonds is 4. The number of hydrogen-bond donors (Lipinski definition) is 0. The molecule has 108 valence electrons. The average Bonchev–Trinajstić information content (AvgIpc) is 2.80. The van der Waals surface area contributed by atoms with Crippen LogP contribution in [0.4, 0.5) is 0 Å². The van der Waals surface area contributed by atoms with Crippen LogP contribution in [0.2, 0.25) is 5.28 Å². The van der Waals surface area contributed by atoms with Crippen molar-refractivity contribution in [2.45, 2.75) is 13.5 Å². The second-order valence-corrected chi connectivity index (χ2v) is 6.13. The third kappa shape index (κ3) is 3.15. The van der Waals surface area contributed by atoms with Crippen molar-refractivity contribution in [1.29, 1.82) is 0 Å². The van der Waals surface area contributed by atoms with Crippen molar-refractivity contribution in [2.24, 2.45) is 0 Å². The Bertz CT molecular complexity index is 788. The molecule has 3 rings (SSSR count). The molecule has 3 aromatic rings. The van der Waals surface area contributed by atoms with E-state index in [0.29, 0.717) is 18.2 Å². The van der Waals surface area contributed by atoms with Crippen LogP contribution in [0, 0.1) is 6.92 Å². The Morgan fingerprint density at radius 2 is 2.10 bits per heavy atom. The molecule has 4 nitrogen and oxygen atoms in total. The van der Waals surface area contributed by atoms with E-state index in [1.165, 1.54) is 0 Å². The highest BCUT2D eigenvalue weighted by atomic mass is 35.5. The number of halogens is 1. The molecule has 2 heterocycles. The van der Waals surface area contributed by atoms with Gasteiger partial charge in [0.2, 0.25) is 11.2 Å². The number of aromatic nitrogens is 2. The Hall–Kier alpha value is -1.69. The van der Waals surface area contributed by atoms with E-state index in [0.717, 1.165) is 20.7 Å². The summed E-state index contributed by atoms with van der Waals surface area (Å²) in [7, 11) is 1.66. The van der Waals surface area contributed by atoms with Crippen LogP contribution in [-0.4, -0.2) is 17.1 Å². The fourth-order valence-corrected chi connectivity index (χ4v) is 3.13. The van der Waals surface area contributed by atoms with Gasteiger partial charge in [0.15, 0.2) is 0 Å².